The van der Waals surface area contributed by atoms with Crippen LogP contribution in [0.5, 0.6) is 5.75 Å². The molecule has 1 aliphatic carbocycles. The number of hydrogen-bond acceptors (Lipinski definition) is 2. The number of primary amides is 1. The van der Waals surface area contributed by atoms with E-state index in [0.717, 1.165) is 47.2 Å². The number of benzene rings is 2. The molecule has 2 aromatic carbocycles. The Balaban J connectivity index is 2.04. The van der Waals surface area contributed by atoms with E-state index in [9.17, 15) is 4.79 Å². The summed E-state index contributed by atoms with van der Waals surface area (Å²) in [6.45, 7) is 0.699. The van der Waals surface area contributed by atoms with Crippen molar-refractivity contribution >= 4 is 28.4 Å². The van der Waals surface area contributed by atoms with Gasteiger partial charge in [0.2, 0.25) is 5.91 Å². The van der Waals surface area contributed by atoms with Gasteiger partial charge >= 0.3 is 0 Å². The van der Waals surface area contributed by atoms with Gasteiger partial charge in [-0.25, -0.2) is 0 Å². The molecule has 1 heterocycles. The topological polar surface area (TPSA) is 57.2 Å². The van der Waals surface area contributed by atoms with Crippen molar-refractivity contribution in [1.29, 1.82) is 0 Å². The fraction of sp³-hybridized carbons (Fsp3) is 0.286. The van der Waals surface area contributed by atoms with Gasteiger partial charge in [-0.2, -0.15) is 0 Å². The van der Waals surface area contributed by atoms with Crippen molar-refractivity contribution in [2.45, 2.75) is 31.7 Å². The fourth-order valence-corrected chi connectivity index (χ4v) is 4.41. The fourth-order valence-electron chi connectivity index (χ4n) is 4.15. The summed E-state index contributed by atoms with van der Waals surface area (Å²) in [5, 5.41) is 1.59. The second-order valence-electron chi connectivity index (χ2n) is 6.75. The Hall–Kier alpha value is -2.46. The average molecular weight is 369 g/mol. The van der Waals surface area contributed by atoms with Crippen LogP contribution in [0.2, 0.25) is 5.02 Å². The molecule has 0 spiro atoms. The molecule has 4 rings (SSSR count). The number of aromatic nitrogens is 1. The molecule has 2 N–H and O–H groups in total. The van der Waals surface area contributed by atoms with E-state index in [1.54, 1.807) is 7.11 Å². The minimum absolute atomic E-state index is 0.285. The van der Waals surface area contributed by atoms with Crippen LogP contribution in [0.4, 0.5) is 0 Å². The molecule has 134 valence electrons. The summed E-state index contributed by atoms with van der Waals surface area (Å²) in [4.78, 5) is 12.2. The van der Waals surface area contributed by atoms with Gasteiger partial charge < -0.3 is 15.0 Å². The Labute approximate surface area is 157 Å². The number of hydrogen-bond donors (Lipinski definition) is 1. The van der Waals surface area contributed by atoms with Gasteiger partial charge in [-0.3, -0.25) is 4.79 Å². The SMILES string of the molecule is COc1ccc(Cl)c2c1c1c(n2Cc2ccccc2)CCCC1C(N)=O. The Kier molecular flexibility index (Phi) is 4.37. The van der Waals surface area contributed by atoms with Crippen LogP contribution < -0.4 is 10.5 Å². The molecule has 1 unspecified atom stereocenters. The van der Waals surface area contributed by atoms with E-state index in [1.165, 1.54) is 5.56 Å². The van der Waals surface area contributed by atoms with E-state index in [1.807, 2.05) is 30.3 Å². The molecule has 26 heavy (non-hydrogen) atoms. The largest absolute Gasteiger partial charge is 0.496 e. The third-order valence-electron chi connectivity index (χ3n) is 5.27. The summed E-state index contributed by atoms with van der Waals surface area (Å²) < 4.78 is 7.85. The molecule has 3 aromatic rings. The molecular formula is C21H21ClN2O2. The van der Waals surface area contributed by atoms with Crippen LogP contribution in [-0.2, 0) is 17.8 Å². The van der Waals surface area contributed by atoms with Gasteiger partial charge in [0.05, 0.1) is 23.6 Å². The molecule has 0 saturated carbocycles. The zero-order chi connectivity index (χ0) is 18.3. The molecule has 4 nitrogen and oxygen atoms in total. The third kappa shape index (κ3) is 2.65. The molecular weight excluding hydrogens is 348 g/mol. The summed E-state index contributed by atoms with van der Waals surface area (Å²) in [6.07, 6.45) is 2.61. The number of carbonyl (C=O) groups is 1. The van der Waals surface area contributed by atoms with E-state index in [4.69, 9.17) is 22.1 Å². The third-order valence-corrected chi connectivity index (χ3v) is 5.57. The molecule has 0 bridgehead atoms. The lowest BCUT2D eigenvalue weighted by Gasteiger charge is -2.22. The van der Waals surface area contributed by atoms with Crippen LogP contribution in [-0.4, -0.2) is 17.6 Å². The summed E-state index contributed by atoms with van der Waals surface area (Å²) in [5.41, 5.74) is 9.99. The van der Waals surface area contributed by atoms with Crippen molar-refractivity contribution in [3.05, 3.63) is 64.3 Å². The first-order valence-electron chi connectivity index (χ1n) is 8.82. The quantitative estimate of drug-likeness (QED) is 0.748. The molecule has 1 aromatic heterocycles. The predicted molar refractivity (Wildman–Crippen MR) is 104 cm³/mol. The number of fused-ring (bicyclic) bond motifs is 3. The monoisotopic (exact) mass is 368 g/mol. The second-order valence-corrected chi connectivity index (χ2v) is 7.16. The summed E-state index contributed by atoms with van der Waals surface area (Å²) >= 11 is 6.61. The number of amides is 1. The van der Waals surface area contributed by atoms with Crippen molar-refractivity contribution in [3.63, 3.8) is 0 Å². The van der Waals surface area contributed by atoms with E-state index < -0.39 is 0 Å². The highest BCUT2D eigenvalue weighted by molar-refractivity contribution is 6.35. The molecule has 0 saturated heterocycles. The predicted octanol–water partition coefficient (Wildman–Crippen LogP) is 4.26. The van der Waals surface area contributed by atoms with Gasteiger partial charge in [0.15, 0.2) is 0 Å². The van der Waals surface area contributed by atoms with E-state index >= 15 is 0 Å². The average Bonchev–Trinajstić information content (AvgIpc) is 2.98. The van der Waals surface area contributed by atoms with Crippen molar-refractivity contribution < 1.29 is 9.53 Å². The van der Waals surface area contributed by atoms with Crippen LogP contribution in [0.3, 0.4) is 0 Å². The lowest BCUT2D eigenvalue weighted by Crippen LogP contribution is -2.25. The molecule has 1 amide bonds. The van der Waals surface area contributed by atoms with Crippen LogP contribution in [0.25, 0.3) is 10.9 Å². The maximum Gasteiger partial charge on any atom is 0.225 e. The maximum atomic E-state index is 12.2. The smallest absolute Gasteiger partial charge is 0.225 e. The van der Waals surface area contributed by atoms with Gasteiger partial charge in [-0.05, 0) is 42.5 Å². The lowest BCUT2D eigenvalue weighted by molar-refractivity contribution is -0.119. The van der Waals surface area contributed by atoms with E-state index in [-0.39, 0.29) is 11.8 Å². The van der Waals surface area contributed by atoms with Crippen molar-refractivity contribution in [1.82, 2.24) is 4.57 Å². The molecule has 0 radical (unpaired) electrons. The number of halogens is 1. The number of ether oxygens (including phenoxy) is 1. The zero-order valence-electron chi connectivity index (χ0n) is 14.7. The number of nitrogens with zero attached hydrogens (tertiary/aromatic N) is 1. The van der Waals surface area contributed by atoms with Crippen molar-refractivity contribution in [2.24, 2.45) is 5.73 Å². The van der Waals surface area contributed by atoms with Crippen LogP contribution in [0, 0.1) is 0 Å². The minimum Gasteiger partial charge on any atom is -0.496 e. The molecule has 0 fully saturated rings. The molecule has 1 atom stereocenters. The first-order chi connectivity index (χ1) is 12.6. The van der Waals surface area contributed by atoms with Crippen molar-refractivity contribution in [2.75, 3.05) is 7.11 Å². The lowest BCUT2D eigenvalue weighted by atomic mass is 9.84. The zero-order valence-corrected chi connectivity index (χ0v) is 15.4. The summed E-state index contributed by atoms with van der Waals surface area (Å²) in [7, 11) is 1.64. The van der Waals surface area contributed by atoms with E-state index in [2.05, 4.69) is 16.7 Å². The van der Waals surface area contributed by atoms with Gasteiger partial charge in [-0.15, -0.1) is 0 Å². The highest BCUT2D eigenvalue weighted by Crippen LogP contribution is 2.45. The molecule has 0 aliphatic heterocycles. The van der Waals surface area contributed by atoms with Crippen LogP contribution >= 0.6 is 11.6 Å². The Morgan fingerprint density at radius 2 is 2.04 bits per heavy atom. The Morgan fingerprint density at radius 1 is 1.27 bits per heavy atom. The summed E-state index contributed by atoms with van der Waals surface area (Å²) in [5.74, 6) is 0.151. The maximum absolute atomic E-state index is 12.2. The number of nitrogens with two attached hydrogens (primary N) is 1. The first kappa shape index (κ1) is 17.0. The molecule has 1 aliphatic rings. The van der Waals surface area contributed by atoms with Gasteiger partial charge in [0.1, 0.15) is 5.75 Å². The number of rotatable bonds is 4. The van der Waals surface area contributed by atoms with Crippen LogP contribution in [0.1, 0.15) is 35.6 Å². The minimum atomic E-state index is -0.300. The Bertz CT molecular complexity index is 979. The highest BCUT2D eigenvalue weighted by atomic mass is 35.5. The number of methoxy groups -OCH3 is 1. The Morgan fingerprint density at radius 3 is 2.73 bits per heavy atom. The first-order valence-corrected chi connectivity index (χ1v) is 9.20. The standard InChI is InChI=1S/C21H21ClN2O2/c1-26-17-11-10-15(22)20-19(17)18-14(21(23)25)8-5-9-16(18)24(20)12-13-6-3-2-4-7-13/h2-4,6-7,10-11,14H,5,8-9,12H2,1H3,(H2,23,25). The number of carbonyl (C=O) groups excluding carboxylic acids is 1. The summed E-state index contributed by atoms with van der Waals surface area (Å²) in [6, 6.07) is 14.0. The highest BCUT2D eigenvalue weighted by Gasteiger charge is 2.33. The second kappa shape index (κ2) is 6.69. The van der Waals surface area contributed by atoms with Crippen molar-refractivity contribution in [3.8, 4) is 5.75 Å². The van der Waals surface area contributed by atoms with Gasteiger partial charge in [-0.1, -0.05) is 41.9 Å². The normalized spacial score (nSPS) is 16.5. The van der Waals surface area contributed by atoms with Gasteiger partial charge in [0.25, 0.3) is 0 Å². The van der Waals surface area contributed by atoms with Crippen LogP contribution in [0.15, 0.2) is 42.5 Å². The molecule has 5 heteroatoms. The van der Waals surface area contributed by atoms with Gasteiger partial charge in [0, 0.05) is 17.6 Å². The van der Waals surface area contributed by atoms with E-state index in [0.29, 0.717) is 11.6 Å².